The summed E-state index contributed by atoms with van der Waals surface area (Å²) in [5.41, 5.74) is 0.821. The van der Waals surface area contributed by atoms with Gasteiger partial charge in [-0.25, -0.2) is 4.79 Å². The van der Waals surface area contributed by atoms with E-state index in [-0.39, 0.29) is 0 Å². The van der Waals surface area contributed by atoms with Gasteiger partial charge in [0.05, 0.1) is 14.2 Å². The van der Waals surface area contributed by atoms with Crippen LogP contribution >= 0.6 is 0 Å². The number of hydrogen-bond donors (Lipinski definition) is 1. The van der Waals surface area contributed by atoms with Crippen LogP contribution in [0.1, 0.15) is 5.56 Å². The van der Waals surface area contributed by atoms with E-state index in [0.29, 0.717) is 11.5 Å². The van der Waals surface area contributed by atoms with Crippen LogP contribution in [0.4, 0.5) is 0 Å². The third kappa shape index (κ3) is 4.03. The minimum Gasteiger partial charge on any atom is -0.497 e. The molecule has 0 bridgehead atoms. The number of allylic oxidation sites excluding steroid dienone is 2. The van der Waals surface area contributed by atoms with Gasteiger partial charge >= 0.3 is 5.97 Å². The highest BCUT2D eigenvalue weighted by Gasteiger charge is 2.00. The molecule has 0 radical (unpaired) electrons. The number of rotatable bonds is 5. The fraction of sp³-hybridized carbons (Fsp3) is 0.154. The number of methoxy groups -OCH3 is 2. The van der Waals surface area contributed by atoms with Crippen LogP contribution in [-0.2, 0) is 4.79 Å². The van der Waals surface area contributed by atoms with Gasteiger partial charge < -0.3 is 14.6 Å². The zero-order valence-electron chi connectivity index (χ0n) is 9.71. The van der Waals surface area contributed by atoms with Crippen LogP contribution in [0, 0.1) is 0 Å². The minimum absolute atomic E-state index is 0.700. The van der Waals surface area contributed by atoms with E-state index in [1.807, 2.05) is 6.07 Å². The van der Waals surface area contributed by atoms with Crippen molar-refractivity contribution in [3.63, 3.8) is 0 Å². The molecular weight excluding hydrogens is 220 g/mol. The Bertz CT molecular complexity index is 447. The van der Waals surface area contributed by atoms with Crippen molar-refractivity contribution >= 4 is 12.0 Å². The smallest absolute Gasteiger partial charge is 0.328 e. The van der Waals surface area contributed by atoms with Crippen molar-refractivity contribution in [3.8, 4) is 11.5 Å². The van der Waals surface area contributed by atoms with Crippen LogP contribution in [0.5, 0.6) is 11.5 Å². The van der Waals surface area contributed by atoms with Crippen LogP contribution in [0.15, 0.2) is 36.4 Å². The van der Waals surface area contributed by atoms with E-state index in [9.17, 15) is 4.79 Å². The number of benzene rings is 1. The van der Waals surface area contributed by atoms with Gasteiger partial charge in [-0.1, -0.05) is 18.2 Å². The molecule has 0 fully saturated rings. The first-order valence-corrected chi connectivity index (χ1v) is 4.97. The van der Waals surface area contributed by atoms with E-state index in [0.717, 1.165) is 11.6 Å². The van der Waals surface area contributed by atoms with Crippen LogP contribution in [0.2, 0.25) is 0 Å². The predicted octanol–water partition coefficient (Wildman–Crippen LogP) is 2.36. The average Bonchev–Trinajstić information content (AvgIpc) is 2.34. The largest absolute Gasteiger partial charge is 0.497 e. The highest BCUT2D eigenvalue weighted by Crippen LogP contribution is 2.24. The molecule has 0 aliphatic rings. The molecule has 90 valence electrons. The lowest BCUT2D eigenvalue weighted by atomic mass is 10.1. The summed E-state index contributed by atoms with van der Waals surface area (Å²) in [7, 11) is 3.16. The molecule has 0 aliphatic heterocycles. The maximum atomic E-state index is 10.3. The third-order valence-corrected chi connectivity index (χ3v) is 2.06. The van der Waals surface area contributed by atoms with E-state index >= 15 is 0 Å². The van der Waals surface area contributed by atoms with Gasteiger partial charge in [-0.3, -0.25) is 0 Å². The normalized spacial score (nSPS) is 10.9. The first-order chi connectivity index (χ1) is 8.17. The number of aliphatic carboxylic acids is 1. The number of carboxylic acids is 1. The molecule has 0 atom stereocenters. The van der Waals surface area contributed by atoms with Crippen molar-refractivity contribution in [2.45, 2.75) is 0 Å². The molecule has 1 aromatic carbocycles. The standard InChI is InChI=1S/C13H14O4/c1-16-11-7-8-12(17-2)10(9-11)5-3-4-6-13(14)15/h3-9H,1-2H3,(H,14,15). The predicted molar refractivity (Wildman–Crippen MR) is 65.4 cm³/mol. The first-order valence-electron chi connectivity index (χ1n) is 4.97. The minimum atomic E-state index is -0.979. The average molecular weight is 234 g/mol. The molecule has 0 saturated heterocycles. The fourth-order valence-electron chi connectivity index (χ4n) is 1.27. The molecule has 1 N–H and O–H groups in total. The van der Waals surface area contributed by atoms with E-state index in [1.165, 1.54) is 6.08 Å². The molecule has 0 aliphatic carbocycles. The first kappa shape index (κ1) is 12.8. The van der Waals surface area contributed by atoms with Gasteiger partial charge in [0, 0.05) is 11.6 Å². The van der Waals surface area contributed by atoms with Gasteiger partial charge in [-0.2, -0.15) is 0 Å². The molecular formula is C13H14O4. The summed E-state index contributed by atoms with van der Waals surface area (Å²) in [6, 6.07) is 5.40. The quantitative estimate of drug-likeness (QED) is 0.627. The van der Waals surface area contributed by atoms with Gasteiger partial charge in [0.2, 0.25) is 0 Å². The lowest BCUT2D eigenvalue weighted by molar-refractivity contribution is -0.131. The van der Waals surface area contributed by atoms with Crippen LogP contribution < -0.4 is 9.47 Å². The molecule has 4 heteroatoms. The Balaban J connectivity index is 2.91. The lowest BCUT2D eigenvalue weighted by Gasteiger charge is -2.06. The van der Waals surface area contributed by atoms with Crippen molar-refractivity contribution in [2.24, 2.45) is 0 Å². The number of ether oxygens (including phenoxy) is 2. The van der Waals surface area contributed by atoms with E-state index < -0.39 is 5.97 Å². The fourth-order valence-corrected chi connectivity index (χ4v) is 1.27. The Morgan fingerprint density at radius 2 is 2.00 bits per heavy atom. The number of hydrogen-bond acceptors (Lipinski definition) is 3. The SMILES string of the molecule is COc1ccc(OC)c(C=CC=CC(=O)O)c1. The van der Waals surface area contributed by atoms with Crippen molar-refractivity contribution in [3.05, 3.63) is 42.0 Å². The molecule has 0 aromatic heterocycles. The Hall–Kier alpha value is -2.23. The number of carbonyl (C=O) groups is 1. The molecule has 17 heavy (non-hydrogen) atoms. The molecule has 1 aromatic rings. The highest BCUT2D eigenvalue weighted by molar-refractivity contribution is 5.80. The zero-order chi connectivity index (χ0) is 12.7. The van der Waals surface area contributed by atoms with Gasteiger partial charge in [-0.05, 0) is 18.2 Å². The molecule has 0 saturated carbocycles. The molecule has 0 unspecified atom stereocenters. The van der Waals surface area contributed by atoms with Crippen molar-refractivity contribution in [1.29, 1.82) is 0 Å². The van der Waals surface area contributed by atoms with Crippen molar-refractivity contribution in [1.82, 2.24) is 0 Å². The van der Waals surface area contributed by atoms with Gasteiger partial charge in [0.15, 0.2) is 0 Å². The van der Waals surface area contributed by atoms with Crippen LogP contribution in [0.3, 0.4) is 0 Å². The summed E-state index contributed by atoms with van der Waals surface area (Å²) in [5, 5.41) is 8.43. The Morgan fingerprint density at radius 1 is 1.24 bits per heavy atom. The summed E-state index contributed by atoms with van der Waals surface area (Å²) in [5.74, 6) is 0.436. The van der Waals surface area contributed by atoms with Gasteiger partial charge in [0.25, 0.3) is 0 Å². The summed E-state index contributed by atoms with van der Waals surface area (Å²) in [4.78, 5) is 10.3. The van der Waals surface area contributed by atoms with Gasteiger partial charge in [-0.15, -0.1) is 0 Å². The summed E-state index contributed by atoms with van der Waals surface area (Å²) < 4.78 is 10.3. The zero-order valence-corrected chi connectivity index (χ0v) is 9.71. The van der Waals surface area contributed by atoms with Crippen LogP contribution in [-0.4, -0.2) is 25.3 Å². The molecule has 0 amide bonds. The molecule has 4 nitrogen and oxygen atoms in total. The Kier molecular flexibility index (Phi) is 4.81. The maximum Gasteiger partial charge on any atom is 0.328 e. The van der Waals surface area contributed by atoms with Gasteiger partial charge in [0.1, 0.15) is 11.5 Å². The van der Waals surface area contributed by atoms with E-state index in [2.05, 4.69) is 0 Å². The van der Waals surface area contributed by atoms with Crippen molar-refractivity contribution in [2.75, 3.05) is 14.2 Å². The van der Waals surface area contributed by atoms with E-state index in [1.54, 1.807) is 38.5 Å². The Labute approximate surface area is 99.8 Å². The summed E-state index contributed by atoms with van der Waals surface area (Å²) in [6.07, 6.45) is 5.89. The lowest BCUT2D eigenvalue weighted by Crippen LogP contribution is -1.89. The summed E-state index contributed by atoms with van der Waals surface area (Å²) in [6.45, 7) is 0. The second-order valence-corrected chi connectivity index (χ2v) is 3.16. The second-order valence-electron chi connectivity index (χ2n) is 3.16. The maximum absolute atomic E-state index is 10.3. The van der Waals surface area contributed by atoms with E-state index in [4.69, 9.17) is 14.6 Å². The topological polar surface area (TPSA) is 55.8 Å². The third-order valence-electron chi connectivity index (χ3n) is 2.06. The molecule has 1 rings (SSSR count). The van der Waals surface area contributed by atoms with Crippen LogP contribution in [0.25, 0.3) is 6.08 Å². The number of carboxylic acid groups (broad SMARTS) is 1. The van der Waals surface area contributed by atoms with Crippen molar-refractivity contribution < 1.29 is 19.4 Å². The highest BCUT2D eigenvalue weighted by atomic mass is 16.5. The molecule has 0 spiro atoms. The second kappa shape index (κ2) is 6.37. The Morgan fingerprint density at radius 3 is 2.59 bits per heavy atom. The monoisotopic (exact) mass is 234 g/mol. The molecule has 0 heterocycles. The summed E-state index contributed by atoms with van der Waals surface area (Å²) >= 11 is 0.